The van der Waals surface area contributed by atoms with Gasteiger partial charge in [-0.1, -0.05) is 12.1 Å². The smallest absolute Gasteiger partial charge is 0.227 e. The van der Waals surface area contributed by atoms with Crippen LogP contribution in [0, 0.1) is 19.8 Å². The first-order valence-electron chi connectivity index (χ1n) is 8.44. The minimum absolute atomic E-state index is 0.0957. The number of ether oxygens (including phenoxy) is 1. The second kappa shape index (κ2) is 6.41. The number of amides is 1. The van der Waals surface area contributed by atoms with Crippen LogP contribution in [-0.2, 0) is 9.53 Å². The van der Waals surface area contributed by atoms with Crippen LogP contribution in [0.5, 0.6) is 0 Å². The Morgan fingerprint density at radius 1 is 1.36 bits per heavy atom. The van der Waals surface area contributed by atoms with Crippen LogP contribution in [-0.4, -0.2) is 29.8 Å². The van der Waals surface area contributed by atoms with Crippen LogP contribution in [0.3, 0.4) is 0 Å². The van der Waals surface area contributed by atoms with Crippen molar-refractivity contribution >= 4 is 5.91 Å². The first-order chi connectivity index (χ1) is 10.6. The second-order valence-electron chi connectivity index (χ2n) is 6.68. The Kier molecular flexibility index (Phi) is 4.52. The maximum absolute atomic E-state index is 12.7. The van der Waals surface area contributed by atoms with Crippen molar-refractivity contribution < 1.29 is 14.1 Å². The number of aromatic nitrogens is 1. The van der Waals surface area contributed by atoms with Gasteiger partial charge in [-0.05, 0) is 51.9 Å². The zero-order valence-corrected chi connectivity index (χ0v) is 13.7. The number of aryl methyl sites for hydroxylation is 2. The Morgan fingerprint density at radius 3 is 2.73 bits per heavy atom. The number of hydrogen-bond donors (Lipinski definition) is 1. The molecule has 1 aromatic rings. The monoisotopic (exact) mass is 306 g/mol. The molecule has 1 N–H and O–H groups in total. The molecule has 3 rings (SSSR count). The summed E-state index contributed by atoms with van der Waals surface area (Å²) in [5, 5.41) is 7.22. The normalized spacial score (nSPS) is 26.7. The van der Waals surface area contributed by atoms with Gasteiger partial charge in [-0.25, -0.2) is 0 Å². The second-order valence-corrected chi connectivity index (χ2v) is 6.68. The van der Waals surface area contributed by atoms with Crippen LogP contribution in [0.15, 0.2) is 4.52 Å². The summed E-state index contributed by atoms with van der Waals surface area (Å²) < 4.78 is 11.1. The lowest BCUT2D eigenvalue weighted by atomic mass is 9.92. The number of rotatable bonds is 5. The molecule has 5 nitrogen and oxygen atoms in total. The largest absolute Gasteiger partial charge is 0.378 e. The van der Waals surface area contributed by atoms with E-state index in [1.807, 2.05) is 20.8 Å². The van der Waals surface area contributed by atoms with Gasteiger partial charge in [-0.3, -0.25) is 4.79 Å². The maximum atomic E-state index is 12.7. The van der Waals surface area contributed by atoms with Gasteiger partial charge in [0.05, 0.1) is 17.7 Å². The molecule has 3 atom stereocenters. The van der Waals surface area contributed by atoms with Crippen molar-refractivity contribution in [1.29, 1.82) is 0 Å². The summed E-state index contributed by atoms with van der Waals surface area (Å²) in [5.41, 5.74) is 1.77. The Hall–Kier alpha value is -1.36. The Morgan fingerprint density at radius 2 is 2.14 bits per heavy atom. The highest BCUT2D eigenvalue weighted by atomic mass is 16.5. The molecule has 0 bridgehead atoms. The standard InChI is InChI=1S/C17H26N2O3/c1-4-14(16-10(2)19-22-11(16)3)17(20)18-13-7-8-21-15(9-13)12-5-6-12/h12-15H,4-9H2,1-3H3,(H,18,20)/t13-,14+,15-/m1/s1. The molecule has 22 heavy (non-hydrogen) atoms. The lowest BCUT2D eigenvalue weighted by Gasteiger charge is -2.31. The third-order valence-electron chi connectivity index (χ3n) is 4.97. The van der Waals surface area contributed by atoms with Crippen LogP contribution < -0.4 is 5.32 Å². The van der Waals surface area contributed by atoms with Gasteiger partial charge < -0.3 is 14.6 Å². The fourth-order valence-corrected chi connectivity index (χ4v) is 3.57. The fraction of sp³-hybridized carbons (Fsp3) is 0.765. The molecule has 1 aromatic heterocycles. The van der Waals surface area contributed by atoms with Gasteiger partial charge in [-0.15, -0.1) is 0 Å². The molecule has 2 aliphatic rings. The van der Waals surface area contributed by atoms with Crippen LogP contribution >= 0.6 is 0 Å². The van der Waals surface area contributed by atoms with Crippen LogP contribution in [0.4, 0.5) is 0 Å². The van der Waals surface area contributed by atoms with Crippen LogP contribution in [0.2, 0.25) is 0 Å². The number of carbonyl (C=O) groups is 1. The quantitative estimate of drug-likeness (QED) is 0.908. The zero-order chi connectivity index (χ0) is 15.7. The summed E-state index contributed by atoms with van der Waals surface area (Å²) in [5.74, 6) is 1.40. The van der Waals surface area contributed by atoms with Gasteiger partial charge in [0.1, 0.15) is 5.76 Å². The summed E-state index contributed by atoms with van der Waals surface area (Å²) in [6.07, 6.45) is 5.52. The molecule has 0 unspecified atom stereocenters. The Bertz CT molecular complexity index is 517. The topological polar surface area (TPSA) is 64.4 Å². The van der Waals surface area contributed by atoms with Crippen molar-refractivity contribution in [3.8, 4) is 0 Å². The van der Waals surface area contributed by atoms with Gasteiger partial charge in [0.15, 0.2) is 0 Å². The number of carbonyl (C=O) groups excluding carboxylic acids is 1. The van der Waals surface area contributed by atoms with E-state index in [1.165, 1.54) is 12.8 Å². The van der Waals surface area contributed by atoms with E-state index in [4.69, 9.17) is 9.26 Å². The summed E-state index contributed by atoms with van der Waals surface area (Å²) >= 11 is 0. The maximum Gasteiger partial charge on any atom is 0.227 e. The summed E-state index contributed by atoms with van der Waals surface area (Å²) in [7, 11) is 0. The minimum Gasteiger partial charge on any atom is -0.378 e. The van der Waals surface area contributed by atoms with E-state index in [0.717, 1.165) is 48.8 Å². The molecule has 0 aromatic carbocycles. The van der Waals surface area contributed by atoms with E-state index in [1.54, 1.807) is 0 Å². The van der Waals surface area contributed by atoms with E-state index >= 15 is 0 Å². The average Bonchev–Trinajstić information content (AvgIpc) is 3.30. The summed E-state index contributed by atoms with van der Waals surface area (Å²) in [6, 6.07) is 0.237. The van der Waals surface area contributed by atoms with Crippen molar-refractivity contribution in [2.75, 3.05) is 6.61 Å². The molecule has 5 heteroatoms. The molecular weight excluding hydrogens is 280 g/mol. The van der Waals surface area contributed by atoms with Gasteiger partial charge in [0.25, 0.3) is 0 Å². The van der Waals surface area contributed by atoms with Crippen molar-refractivity contribution in [2.24, 2.45) is 5.92 Å². The first kappa shape index (κ1) is 15.5. The van der Waals surface area contributed by atoms with Crippen LogP contribution in [0.25, 0.3) is 0 Å². The predicted molar refractivity (Wildman–Crippen MR) is 82.6 cm³/mol. The number of nitrogens with zero attached hydrogens (tertiary/aromatic N) is 1. The van der Waals surface area contributed by atoms with Gasteiger partial charge >= 0.3 is 0 Å². The van der Waals surface area contributed by atoms with Gasteiger partial charge in [0.2, 0.25) is 5.91 Å². The zero-order valence-electron chi connectivity index (χ0n) is 13.7. The minimum atomic E-state index is -0.173. The molecule has 122 valence electrons. The van der Waals surface area contributed by atoms with E-state index < -0.39 is 0 Å². The Labute approximate surface area is 131 Å². The molecule has 2 heterocycles. The Balaban J connectivity index is 1.64. The van der Waals surface area contributed by atoms with Crippen molar-refractivity contribution in [2.45, 2.75) is 70.9 Å². The molecule has 1 saturated carbocycles. The molecule has 1 aliphatic heterocycles. The molecule has 0 spiro atoms. The van der Waals surface area contributed by atoms with E-state index in [0.29, 0.717) is 6.10 Å². The summed E-state index contributed by atoms with van der Waals surface area (Å²) in [6.45, 7) is 6.57. The molecule has 1 aliphatic carbocycles. The van der Waals surface area contributed by atoms with E-state index in [2.05, 4.69) is 10.5 Å². The molecular formula is C17H26N2O3. The molecule has 2 fully saturated rings. The highest BCUT2D eigenvalue weighted by Gasteiger charge is 2.37. The molecule has 1 saturated heterocycles. The number of nitrogens with one attached hydrogen (secondary N) is 1. The van der Waals surface area contributed by atoms with Crippen molar-refractivity contribution in [3.63, 3.8) is 0 Å². The van der Waals surface area contributed by atoms with Gasteiger partial charge in [-0.2, -0.15) is 0 Å². The van der Waals surface area contributed by atoms with Gasteiger partial charge in [0, 0.05) is 18.2 Å². The highest BCUT2D eigenvalue weighted by Crippen LogP contribution is 2.38. The first-order valence-corrected chi connectivity index (χ1v) is 8.44. The highest BCUT2D eigenvalue weighted by molar-refractivity contribution is 5.84. The summed E-state index contributed by atoms with van der Waals surface area (Å²) in [4.78, 5) is 12.7. The third kappa shape index (κ3) is 3.19. The molecule has 1 amide bonds. The third-order valence-corrected chi connectivity index (χ3v) is 4.97. The number of hydrogen-bond acceptors (Lipinski definition) is 4. The lowest BCUT2D eigenvalue weighted by molar-refractivity contribution is -0.124. The van der Waals surface area contributed by atoms with Crippen molar-refractivity contribution in [3.05, 3.63) is 17.0 Å². The van der Waals surface area contributed by atoms with E-state index in [-0.39, 0.29) is 17.9 Å². The lowest BCUT2D eigenvalue weighted by Crippen LogP contribution is -2.44. The average molecular weight is 306 g/mol. The van der Waals surface area contributed by atoms with Crippen LogP contribution in [0.1, 0.15) is 62.0 Å². The fourth-order valence-electron chi connectivity index (χ4n) is 3.57. The van der Waals surface area contributed by atoms with Crippen molar-refractivity contribution in [1.82, 2.24) is 10.5 Å². The molecule has 0 radical (unpaired) electrons. The predicted octanol–water partition coefficient (Wildman–Crippen LogP) is 2.86. The van der Waals surface area contributed by atoms with E-state index in [9.17, 15) is 4.79 Å². The SMILES string of the molecule is CC[C@H](C(=O)N[C@@H]1CCO[C@@H](C2CC2)C1)c1c(C)noc1C.